The van der Waals surface area contributed by atoms with Crippen LogP contribution in [0.25, 0.3) is 16.9 Å². The maximum atomic E-state index is 10.6. The summed E-state index contributed by atoms with van der Waals surface area (Å²) in [6.45, 7) is 0. The molecule has 1 aromatic carbocycles. The third kappa shape index (κ3) is 1.90. The molecule has 0 saturated carbocycles. The highest BCUT2D eigenvalue weighted by Gasteiger charge is 2.04. The van der Waals surface area contributed by atoms with Gasteiger partial charge in [0.25, 0.3) is 0 Å². The van der Waals surface area contributed by atoms with Crippen LogP contribution in [-0.4, -0.2) is 20.7 Å². The first-order valence-electron chi connectivity index (χ1n) is 5.32. The van der Waals surface area contributed by atoms with Crippen molar-refractivity contribution in [2.24, 2.45) is 0 Å². The number of aromatic nitrogens is 3. The third-order valence-corrected chi connectivity index (χ3v) is 3.49. The molecule has 0 amide bonds. The average Bonchev–Trinajstić information content (AvgIpc) is 2.80. The summed E-state index contributed by atoms with van der Waals surface area (Å²) in [5.74, 6) is 0. The molecule has 18 heavy (non-hydrogen) atoms. The summed E-state index contributed by atoms with van der Waals surface area (Å²) in [5, 5.41) is 0. The van der Waals surface area contributed by atoms with Gasteiger partial charge in [-0.15, -0.1) is 0 Å². The highest BCUT2D eigenvalue weighted by molar-refractivity contribution is 14.1. The molecule has 2 heterocycles. The fourth-order valence-corrected chi connectivity index (χ4v) is 2.27. The van der Waals surface area contributed by atoms with E-state index in [2.05, 4.69) is 32.6 Å². The Bertz CT molecular complexity index is 719. The van der Waals surface area contributed by atoms with Crippen molar-refractivity contribution in [3.63, 3.8) is 0 Å². The molecule has 3 rings (SSSR count). The van der Waals surface area contributed by atoms with Crippen LogP contribution in [0.1, 0.15) is 10.4 Å². The van der Waals surface area contributed by atoms with Crippen molar-refractivity contribution in [2.75, 3.05) is 0 Å². The fourth-order valence-electron chi connectivity index (χ4n) is 1.74. The van der Waals surface area contributed by atoms with Crippen LogP contribution in [0.4, 0.5) is 0 Å². The second-order valence-corrected chi connectivity index (χ2v) is 4.93. The van der Waals surface area contributed by atoms with Crippen molar-refractivity contribution >= 4 is 34.5 Å². The summed E-state index contributed by atoms with van der Waals surface area (Å²) in [4.78, 5) is 19.2. The molecule has 0 aliphatic rings. The number of aldehydes is 1. The predicted octanol–water partition coefficient (Wildman–Crippen LogP) is 2.81. The molecular formula is C13H8IN3O. The minimum absolute atomic E-state index is 0.664. The van der Waals surface area contributed by atoms with Gasteiger partial charge in [0.2, 0.25) is 0 Å². The molecule has 88 valence electrons. The zero-order valence-electron chi connectivity index (χ0n) is 9.25. The first kappa shape index (κ1) is 11.3. The van der Waals surface area contributed by atoms with Crippen molar-refractivity contribution in [1.29, 1.82) is 0 Å². The highest BCUT2D eigenvalue weighted by Crippen LogP contribution is 2.18. The molecular weight excluding hydrogens is 341 g/mol. The van der Waals surface area contributed by atoms with Gasteiger partial charge in [-0.3, -0.25) is 14.2 Å². The van der Waals surface area contributed by atoms with Crippen LogP contribution in [0.3, 0.4) is 0 Å². The Hall–Kier alpha value is -1.76. The lowest BCUT2D eigenvalue weighted by molar-refractivity contribution is 0.112. The van der Waals surface area contributed by atoms with Crippen LogP contribution < -0.4 is 0 Å². The molecule has 0 spiro atoms. The third-order valence-electron chi connectivity index (χ3n) is 2.69. The quantitative estimate of drug-likeness (QED) is 0.528. The molecule has 0 radical (unpaired) electrons. The largest absolute Gasteiger partial charge is 0.298 e. The van der Waals surface area contributed by atoms with Crippen molar-refractivity contribution in [2.45, 2.75) is 0 Å². The van der Waals surface area contributed by atoms with E-state index >= 15 is 0 Å². The zero-order valence-corrected chi connectivity index (χ0v) is 11.4. The Morgan fingerprint density at radius 2 is 1.89 bits per heavy atom. The monoisotopic (exact) mass is 349 g/mol. The molecule has 2 aromatic heterocycles. The van der Waals surface area contributed by atoms with Crippen LogP contribution in [0.5, 0.6) is 0 Å². The lowest BCUT2D eigenvalue weighted by atomic mass is 10.1. The minimum Gasteiger partial charge on any atom is -0.298 e. The van der Waals surface area contributed by atoms with E-state index in [1.807, 2.05) is 22.7 Å². The first-order chi connectivity index (χ1) is 8.78. The summed E-state index contributed by atoms with van der Waals surface area (Å²) in [6.07, 6.45) is 6.32. The average molecular weight is 349 g/mol. The Balaban J connectivity index is 2.12. The van der Waals surface area contributed by atoms with E-state index in [1.54, 1.807) is 24.5 Å². The Kier molecular flexibility index (Phi) is 2.83. The number of carbonyl (C=O) groups excluding carboxylic acids is 1. The van der Waals surface area contributed by atoms with Crippen LogP contribution in [-0.2, 0) is 0 Å². The van der Waals surface area contributed by atoms with Crippen molar-refractivity contribution in [3.05, 3.63) is 52.1 Å². The topological polar surface area (TPSA) is 47.3 Å². The second kappa shape index (κ2) is 4.49. The maximum absolute atomic E-state index is 10.6. The molecule has 5 heteroatoms. The molecule has 0 atom stereocenters. The molecule has 4 nitrogen and oxygen atoms in total. The van der Waals surface area contributed by atoms with Gasteiger partial charge in [-0.2, -0.15) is 0 Å². The van der Waals surface area contributed by atoms with Crippen molar-refractivity contribution in [3.8, 4) is 11.3 Å². The first-order valence-corrected chi connectivity index (χ1v) is 6.40. The number of fused-ring (bicyclic) bond motifs is 1. The molecule has 0 N–H and O–H groups in total. The Morgan fingerprint density at radius 1 is 1.11 bits per heavy atom. The van der Waals surface area contributed by atoms with Crippen LogP contribution >= 0.6 is 22.6 Å². The van der Waals surface area contributed by atoms with Crippen molar-refractivity contribution in [1.82, 2.24) is 14.4 Å². The van der Waals surface area contributed by atoms with E-state index in [4.69, 9.17) is 0 Å². The Labute approximate surface area is 117 Å². The van der Waals surface area contributed by atoms with Crippen LogP contribution in [0, 0.1) is 3.70 Å². The van der Waals surface area contributed by atoms with Crippen LogP contribution in [0.15, 0.2) is 42.9 Å². The summed E-state index contributed by atoms with van der Waals surface area (Å²) < 4.78 is 3.02. The minimum atomic E-state index is 0.664. The fraction of sp³-hybridized carbons (Fsp3) is 0. The summed E-state index contributed by atoms with van der Waals surface area (Å²) in [7, 11) is 0. The van der Waals surface area contributed by atoms with E-state index in [0.29, 0.717) is 5.56 Å². The number of rotatable bonds is 2. The van der Waals surface area contributed by atoms with Gasteiger partial charge >= 0.3 is 0 Å². The highest BCUT2D eigenvalue weighted by atomic mass is 127. The van der Waals surface area contributed by atoms with E-state index in [9.17, 15) is 4.79 Å². The van der Waals surface area contributed by atoms with E-state index in [1.165, 1.54) is 0 Å². The Morgan fingerprint density at radius 3 is 2.61 bits per heavy atom. The van der Waals surface area contributed by atoms with Gasteiger partial charge in [-0.05, 0) is 22.6 Å². The van der Waals surface area contributed by atoms with Gasteiger partial charge in [0.05, 0.1) is 18.1 Å². The summed E-state index contributed by atoms with van der Waals surface area (Å²) in [5.41, 5.74) is 3.33. The number of carbonyl (C=O) groups is 1. The van der Waals surface area contributed by atoms with Crippen molar-refractivity contribution < 1.29 is 4.79 Å². The zero-order chi connectivity index (χ0) is 12.5. The lowest BCUT2D eigenvalue weighted by Gasteiger charge is -2.02. The number of benzene rings is 1. The molecule has 0 bridgehead atoms. The number of hydrogen-bond acceptors (Lipinski definition) is 3. The standard InChI is InChI=1S/C13H8IN3O/c14-12-5-16-13-6-15-11(7-17(12)13)10-3-1-9(8-18)2-4-10/h1-8H. The normalized spacial score (nSPS) is 10.7. The van der Waals surface area contributed by atoms with Gasteiger partial charge in [-0.1, -0.05) is 24.3 Å². The van der Waals surface area contributed by atoms with Gasteiger partial charge < -0.3 is 0 Å². The number of halogens is 1. The van der Waals surface area contributed by atoms with Gasteiger partial charge in [0, 0.05) is 17.3 Å². The van der Waals surface area contributed by atoms with Crippen LogP contribution in [0.2, 0.25) is 0 Å². The number of hydrogen-bond donors (Lipinski definition) is 0. The lowest BCUT2D eigenvalue weighted by Crippen LogP contribution is -1.92. The second-order valence-electron chi connectivity index (χ2n) is 3.82. The summed E-state index contributed by atoms with van der Waals surface area (Å²) in [6, 6.07) is 7.35. The molecule has 0 aliphatic carbocycles. The van der Waals surface area contributed by atoms with E-state index in [0.717, 1.165) is 26.9 Å². The van der Waals surface area contributed by atoms with Gasteiger partial charge in [0.15, 0.2) is 5.65 Å². The van der Waals surface area contributed by atoms with Gasteiger partial charge in [0.1, 0.15) is 9.99 Å². The molecule has 0 aliphatic heterocycles. The van der Waals surface area contributed by atoms with Gasteiger partial charge in [-0.25, -0.2) is 4.98 Å². The predicted molar refractivity (Wildman–Crippen MR) is 76.5 cm³/mol. The molecule has 0 saturated heterocycles. The van der Waals surface area contributed by atoms with E-state index < -0.39 is 0 Å². The SMILES string of the molecule is O=Cc1ccc(-c2cn3c(I)cnc3cn2)cc1. The van der Waals surface area contributed by atoms with E-state index in [-0.39, 0.29) is 0 Å². The number of imidazole rings is 1. The molecule has 0 unspecified atom stereocenters. The smallest absolute Gasteiger partial charge is 0.156 e. The molecule has 3 aromatic rings. The maximum Gasteiger partial charge on any atom is 0.156 e. The number of nitrogens with zero attached hydrogens (tertiary/aromatic N) is 3. The summed E-state index contributed by atoms with van der Waals surface area (Å²) >= 11 is 2.23. The molecule has 0 fully saturated rings.